The third kappa shape index (κ3) is 2.57. The minimum Gasteiger partial charge on any atom is -0.492 e. The summed E-state index contributed by atoms with van der Waals surface area (Å²) in [6.07, 6.45) is 5.30. The van der Waals surface area contributed by atoms with Gasteiger partial charge >= 0.3 is 0 Å². The van der Waals surface area contributed by atoms with E-state index in [0.29, 0.717) is 12.0 Å². The molecule has 2 fully saturated rings. The molecular formula is C19H25N3O2. The molecule has 5 heteroatoms. The zero-order valence-electron chi connectivity index (χ0n) is 14.4. The third-order valence-corrected chi connectivity index (χ3v) is 5.20. The minimum atomic E-state index is 0.0514. The van der Waals surface area contributed by atoms with Crippen molar-refractivity contribution in [1.29, 1.82) is 0 Å². The van der Waals surface area contributed by atoms with E-state index >= 15 is 0 Å². The van der Waals surface area contributed by atoms with E-state index in [1.54, 1.807) is 13.2 Å². The van der Waals surface area contributed by atoms with Crippen molar-refractivity contribution < 1.29 is 4.74 Å². The lowest BCUT2D eigenvalue weighted by Gasteiger charge is -2.37. The van der Waals surface area contributed by atoms with Crippen LogP contribution in [0.5, 0.6) is 5.75 Å². The Labute approximate surface area is 142 Å². The maximum atomic E-state index is 12.3. The fraction of sp³-hybridized carbons (Fsp3) is 0.526. The summed E-state index contributed by atoms with van der Waals surface area (Å²) in [6, 6.07) is 6.29. The van der Waals surface area contributed by atoms with Gasteiger partial charge in [0.25, 0.3) is 0 Å². The highest BCUT2D eigenvalue weighted by Gasteiger charge is 2.29. The van der Waals surface area contributed by atoms with Gasteiger partial charge in [0.2, 0.25) is 0 Å². The first-order chi connectivity index (χ1) is 11.6. The van der Waals surface area contributed by atoms with Crippen LogP contribution < -0.4 is 20.8 Å². The van der Waals surface area contributed by atoms with Crippen LogP contribution in [0.4, 0.5) is 5.69 Å². The molecule has 2 atom stereocenters. The molecule has 0 amide bonds. The molecule has 0 radical (unpaired) electrons. The number of fused-ring (bicyclic) bond motifs is 1. The Morgan fingerprint density at radius 2 is 2.00 bits per heavy atom. The Hall–Kier alpha value is -2.01. The monoisotopic (exact) mass is 327 g/mol. The number of aromatic nitrogens is 1. The summed E-state index contributed by atoms with van der Waals surface area (Å²) in [6.45, 7) is 4.03. The Balaban J connectivity index is 1.90. The van der Waals surface area contributed by atoms with Crippen molar-refractivity contribution in [2.75, 3.05) is 25.1 Å². The second kappa shape index (κ2) is 5.81. The number of hydrogen-bond acceptors (Lipinski definition) is 4. The number of nitrogens with zero attached hydrogens (tertiary/aromatic N) is 2. The summed E-state index contributed by atoms with van der Waals surface area (Å²) < 4.78 is 8.03. The molecule has 4 rings (SSSR count). The van der Waals surface area contributed by atoms with Gasteiger partial charge in [0.15, 0.2) is 11.2 Å². The zero-order chi connectivity index (χ0) is 16.8. The van der Waals surface area contributed by atoms with E-state index in [9.17, 15) is 4.79 Å². The summed E-state index contributed by atoms with van der Waals surface area (Å²) in [5.41, 5.74) is 8.26. The molecule has 1 saturated carbocycles. The van der Waals surface area contributed by atoms with Crippen LogP contribution in [0.3, 0.4) is 0 Å². The van der Waals surface area contributed by atoms with Crippen LogP contribution in [0.15, 0.2) is 29.2 Å². The van der Waals surface area contributed by atoms with Gasteiger partial charge in [-0.3, -0.25) is 4.79 Å². The first kappa shape index (κ1) is 15.5. The van der Waals surface area contributed by atoms with Crippen LogP contribution in [-0.2, 0) is 0 Å². The molecule has 0 bridgehead atoms. The number of piperidine rings is 1. The summed E-state index contributed by atoms with van der Waals surface area (Å²) in [4.78, 5) is 14.6. The van der Waals surface area contributed by atoms with Crippen LogP contribution in [0, 0.1) is 5.92 Å². The van der Waals surface area contributed by atoms with Gasteiger partial charge in [-0.2, -0.15) is 0 Å². The molecule has 128 valence electrons. The average Bonchev–Trinajstić information content (AvgIpc) is 3.38. The first-order valence-electron chi connectivity index (χ1n) is 8.81. The molecule has 24 heavy (non-hydrogen) atoms. The maximum Gasteiger partial charge on any atom is 0.189 e. The molecule has 5 nitrogen and oxygen atoms in total. The van der Waals surface area contributed by atoms with Gasteiger partial charge in [0, 0.05) is 42.8 Å². The topological polar surface area (TPSA) is 60.5 Å². The SMILES string of the molecule is COc1c(N2C[C@@H](C)C[C@H](N)C2)ccc2c(=O)ccn(C3CC3)c12. The molecule has 2 aliphatic rings. The van der Waals surface area contributed by atoms with E-state index in [0.717, 1.165) is 54.7 Å². The Kier molecular flexibility index (Phi) is 3.76. The van der Waals surface area contributed by atoms with Crippen LogP contribution in [0.2, 0.25) is 0 Å². The lowest BCUT2D eigenvalue weighted by Crippen LogP contribution is -2.46. The van der Waals surface area contributed by atoms with E-state index in [1.807, 2.05) is 18.3 Å². The van der Waals surface area contributed by atoms with Crippen LogP contribution in [-0.4, -0.2) is 30.8 Å². The largest absolute Gasteiger partial charge is 0.492 e. The number of benzene rings is 1. The van der Waals surface area contributed by atoms with Gasteiger partial charge in [-0.1, -0.05) is 6.92 Å². The first-order valence-corrected chi connectivity index (χ1v) is 8.81. The number of methoxy groups -OCH3 is 1. The number of hydrogen-bond donors (Lipinski definition) is 1. The second-order valence-corrected chi connectivity index (χ2v) is 7.34. The van der Waals surface area contributed by atoms with Gasteiger partial charge in [0.05, 0.1) is 18.3 Å². The molecule has 1 aliphatic carbocycles. The van der Waals surface area contributed by atoms with Crippen LogP contribution >= 0.6 is 0 Å². The highest BCUT2D eigenvalue weighted by Crippen LogP contribution is 2.42. The van der Waals surface area contributed by atoms with Crippen molar-refractivity contribution in [1.82, 2.24) is 4.57 Å². The van der Waals surface area contributed by atoms with E-state index in [4.69, 9.17) is 10.5 Å². The summed E-state index contributed by atoms with van der Waals surface area (Å²) in [7, 11) is 1.69. The van der Waals surface area contributed by atoms with Crippen LogP contribution in [0.1, 0.15) is 32.2 Å². The average molecular weight is 327 g/mol. The standard InChI is InChI=1S/C19H25N3O2/c1-12-9-13(20)11-21(10-12)16-6-5-15-17(23)7-8-22(14-3-4-14)18(15)19(16)24-2/h5-8,12-14H,3-4,9-11,20H2,1-2H3/t12-,13-/m0/s1. The fourth-order valence-corrected chi connectivity index (χ4v) is 4.03. The summed E-state index contributed by atoms with van der Waals surface area (Å²) in [5, 5.41) is 0.736. The van der Waals surface area contributed by atoms with Crippen molar-refractivity contribution in [2.24, 2.45) is 11.7 Å². The third-order valence-electron chi connectivity index (χ3n) is 5.20. The molecule has 1 aliphatic heterocycles. The molecule has 1 aromatic carbocycles. The molecule has 2 aromatic rings. The number of pyridine rings is 1. The fourth-order valence-electron chi connectivity index (χ4n) is 4.03. The minimum absolute atomic E-state index is 0.0514. The lowest BCUT2D eigenvalue weighted by molar-refractivity contribution is 0.388. The maximum absolute atomic E-state index is 12.3. The van der Waals surface area contributed by atoms with Crippen molar-refractivity contribution in [3.8, 4) is 5.75 Å². The Morgan fingerprint density at radius 3 is 2.67 bits per heavy atom. The molecular weight excluding hydrogens is 302 g/mol. The predicted octanol–water partition coefficient (Wildman–Crippen LogP) is 2.52. The van der Waals surface area contributed by atoms with E-state index in [1.165, 1.54) is 0 Å². The summed E-state index contributed by atoms with van der Waals surface area (Å²) in [5.74, 6) is 1.36. The van der Waals surface area contributed by atoms with E-state index in [2.05, 4.69) is 16.4 Å². The number of ether oxygens (including phenoxy) is 1. The molecule has 1 saturated heterocycles. The quantitative estimate of drug-likeness (QED) is 0.941. The number of anilines is 1. The number of nitrogens with two attached hydrogens (primary N) is 1. The molecule has 0 spiro atoms. The molecule has 2 heterocycles. The number of rotatable bonds is 3. The molecule has 2 N–H and O–H groups in total. The predicted molar refractivity (Wildman–Crippen MR) is 97.0 cm³/mol. The zero-order valence-corrected chi connectivity index (χ0v) is 14.4. The Morgan fingerprint density at radius 1 is 1.21 bits per heavy atom. The van der Waals surface area contributed by atoms with Crippen molar-refractivity contribution in [3.63, 3.8) is 0 Å². The van der Waals surface area contributed by atoms with Gasteiger partial charge in [-0.05, 0) is 37.3 Å². The lowest BCUT2D eigenvalue weighted by atomic mass is 9.96. The highest BCUT2D eigenvalue weighted by atomic mass is 16.5. The van der Waals surface area contributed by atoms with Gasteiger partial charge in [-0.25, -0.2) is 0 Å². The highest BCUT2D eigenvalue weighted by molar-refractivity contribution is 5.91. The second-order valence-electron chi connectivity index (χ2n) is 7.34. The molecule has 1 aromatic heterocycles. The van der Waals surface area contributed by atoms with Crippen molar-refractivity contribution in [3.05, 3.63) is 34.6 Å². The van der Waals surface area contributed by atoms with Crippen LogP contribution in [0.25, 0.3) is 10.9 Å². The van der Waals surface area contributed by atoms with Crippen molar-refractivity contribution in [2.45, 2.75) is 38.3 Å². The Bertz CT molecular complexity index is 815. The van der Waals surface area contributed by atoms with Gasteiger partial charge in [-0.15, -0.1) is 0 Å². The normalized spacial score (nSPS) is 24.4. The summed E-state index contributed by atoms with van der Waals surface area (Å²) >= 11 is 0. The van der Waals surface area contributed by atoms with Crippen molar-refractivity contribution >= 4 is 16.6 Å². The van der Waals surface area contributed by atoms with E-state index in [-0.39, 0.29) is 11.5 Å². The van der Waals surface area contributed by atoms with E-state index < -0.39 is 0 Å². The van der Waals surface area contributed by atoms with Gasteiger partial charge < -0.3 is 19.9 Å². The smallest absolute Gasteiger partial charge is 0.189 e. The van der Waals surface area contributed by atoms with Gasteiger partial charge in [0.1, 0.15) is 0 Å². The molecule has 0 unspecified atom stereocenters.